The first-order valence-electron chi connectivity index (χ1n) is 9.73. The quantitative estimate of drug-likeness (QED) is 0.207. The van der Waals surface area contributed by atoms with E-state index in [2.05, 4.69) is 0 Å². The van der Waals surface area contributed by atoms with E-state index >= 15 is 0 Å². The van der Waals surface area contributed by atoms with Gasteiger partial charge in [0.25, 0.3) is 11.6 Å². The third-order valence-electron chi connectivity index (χ3n) is 4.59. The van der Waals surface area contributed by atoms with E-state index in [9.17, 15) is 33.3 Å². The number of nitrogens with zero attached hydrogens (tertiary/aromatic N) is 2. The van der Waals surface area contributed by atoms with E-state index in [-0.39, 0.29) is 6.61 Å². The van der Waals surface area contributed by atoms with Crippen molar-refractivity contribution in [2.24, 2.45) is 0 Å². The van der Waals surface area contributed by atoms with Crippen molar-refractivity contribution in [1.29, 1.82) is 5.26 Å². The molecular weight excluding hydrogens is 451 g/mol. The number of nitriles is 1. The fourth-order valence-electron chi connectivity index (χ4n) is 2.95. The van der Waals surface area contributed by atoms with Gasteiger partial charge in [-0.2, -0.15) is 18.4 Å². The molecule has 0 saturated carbocycles. The number of amides is 1. The van der Waals surface area contributed by atoms with Crippen LogP contribution in [-0.4, -0.2) is 10.8 Å². The summed E-state index contributed by atoms with van der Waals surface area (Å²) in [4.78, 5) is 22.4. The summed E-state index contributed by atoms with van der Waals surface area (Å²) in [6, 6.07) is 19.4. The third-order valence-corrected chi connectivity index (χ3v) is 4.59. The molecule has 10 heteroatoms. The first kappa shape index (κ1) is 24.0. The zero-order valence-electron chi connectivity index (χ0n) is 17.4. The van der Waals surface area contributed by atoms with Crippen molar-refractivity contribution in [3.05, 3.63) is 105 Å². The van der Waals surface area contributed by atoms with Crippen LogP contribution in [0.25, 0.3) is 6.08 Å². The molecule has 0 unspecified atom stereocenters. The molecule has 0 fully saturated rings. The molecule has 0 saturated heterocycles. The first-order chi connectivity index (χ1) is 16.2. The highest BCUT2D eigenvalue weighted by atomic mass is 19.4. The number of nitrogens with one attached hydrogen (secondary N) is 1. The second-order valence-electron chi connectivity index (χ2n) is 6.92. The van der Waals surface area contributed by atoms with Gasteiger partial charge in [0, 0.05) is 17.7 Å². The number of carbonyl (C=O) groups excluding carboxylic acids is 1. The Bertz CT molecular complexity index is 1280. The summed E-state index contributed by atoms with van der Waals surface area (Å²) in [6.07, 6.45) is -3.78. The summed E-state index contributed by atoms with van der Waals surface area (Å²) in [6.45, 7) is 0.220. The number of carbonyl (C=O) groups is 1. The molecule has 3 aromatic carbocycles. The summed E-state index contributed by atoms with van der Waals surface area (Å²) in [5, 5.41) is 22.3. The van der Waals surface area contributed by atoms with Gasteiger partial charge in [0.05, 0.1) is 16.2 Å². The second kappa shape index (κ2) is 10.3. The van der Waals surface area contributed by atoms with E-state index in [0.717, 1.165) is 17.7 Å². The van der Waals surface area contributed by atoms with Crippen LogP contribution < -0.4 is 10.1 Å². The summed E-state index contributed by atoms with van der Waals surface area (Å²) in [5.74, 6) is -0.752. The molecule has 7 nitrogen and oxygen atoms in total. The third kappa shape index (κ3) is 5.98. The molecular formula is C24H16F3N3O4. The lowest BCUT2D eigenvalue weighted by atomic mass is 10.1. The highest BCUT2D eigenvalue weighted by Gasteiger charge is 2.36. The predicted molar refractivity (Wildman–Crippen MR) is 118 cm³/mol. The smallest absolute Gasteiger partial charge is 0.418 e. The van der Waals surface area contributed by atoms with Crippen LogP contribution in [0.3, 0.4) is 0 Å². The maximum absolute atomic E-state index is 13.4. The van der Waals surface area contributed by atoms with E-state index < -0.39 is 39.5 Å². The van der Waals surface area contributed by atoms with Gasteiger partial charge < -0.3 is 10.1 Å². The molecule has 0 atom stereocenters. The Balaban J connectivity index is 1.87. The Morgan fingerprint density at radius 1 is 1.09 bits per heavy atom. The number of halogens is 3. The number of ether oxygens (including phenoxy) is 1. The van der Waals surface area contributed by atoms with Crippen LogP contribution in [0.15, 0.2) is 78.4 Å². The van der Waals surface area contributed by atoms with Crippen LogP contribution in [0, 0.1) is 21.4 Å². The van der Waals surface area contributed by atoms with Crippen molar-refractivity contribution in [1.82, 2.24) is 0 Å². The Labute approximate surface area is 191 Å². The van der Waals surface area contributed by atoms with E-state index in [1.165, 1.54) is 6.08 Å². The molecule has 0 radical (unpaired) electrons. The number of rotatable bonds is 7. The van der Waals surface area contributed by atoms with Gasteiger partial charge >= 0.3 is 6.18 Å². The molecule has 1 N–H and O–H groups in total. The molecule has 0 spiro atoms. The average Bonchev–Trinajstić information content (AvgIpc) is 2.81. The van der Waals surface area contributed by atoms with Crippen LogP contribution >= 0.6 is 0 Å². The van der Waals surface area contributed by atoms with E-state index in [0.29, 0.717) is 17.4 Å². The Morgan fingerprint density at radius 3 is 2.41 bits per heavy atom. The topological polar surface area (TPSA) is 105 Å². The fraction of sp³-hybridized carbons (Fsp3) is 0.0833. The molecule has 1 amide bonds. The van der Waals surface area contributed by atoms with Crippen molar-refractivity contribution >= 4 is 23.4 Å². The number of nitro benzene ring substituents is 1. The van der Waals surface area contributed by atoms with Crippen molar-refractivity contribution in [3.8, 4) is 11.8 Å². The van der Waals surface area contributed by atoms with Crippen LogP contribution in [-0.2, 0) is 17.6 Å². The lowest BCUT2D eigenvalue weighted by molar-refractivity contribution is -0.385. The predicted octanol–water partition coefficient (Wildman–Crippen LogP) is 5.74. The number of para-hydroxylation sites is 1. The van der Waals surface area contributed by atoms with Gasteiger partial charge in [-0.05, 0) is 23.8 Å². The molecule has 34 heavy (non-hydrogen) atoms. The standard InChI is InChI=1S/C24H16F3N3O4/c25-24(26,27)20-13-19(30(32)33)10-11-21(20)29-23(31)18(14-28)12-17-8-4-5-9-22(17)34-15-16-6-2-1-3-7-16/h1-13H,15H2,(H,29,31)/b18-12+. The molecule has 0 aliphatic heterocycles. The Morgan fingerprint density at radius 2 is 1.76 bits per heavy atom. The summed E-state index contributed by atoms with van der Waals surface area (Å²) >= 11 is 0. The van der Waals surface area contributed by atoms with Crippen LogP contribution in [0.5, 0.6) is 5.75 Å². The molecule has 0 aromatic heterocycles. The molecule has 0 bridgehead atoms. The lowest BCUT2D eigenvalue weighted by Crippen LogP contribution is -2.18. The van der Waals surface area contributed by atoms with Crippen LogP contribution in [0.4, 0.5) is 24.5 Å². The average molecular weight is 467 g/mol. The number of hydrogen-bond acceptors (Lipinski definition) is 5. The molecule has 3 aromatic rings. The molecule has 0 aliphatic carbocycles. The molecule has 3 rings (SSSR count). The van der Waals surface area contributed by atoms with Gasteiger partial charge in [0.2, 0.25) is 0 Å². The summed E-state index contributed by atoms with van der Waals surface area (Å²) in [7, 11) is 0. The monoisotopic (exact) mass is 467 g/mol. The van der Waals surface area contributed by atoms with Crippen molar-refractivity contribution in [3.63, 3.8) is 0 Å². The van der Waals surface area contributed by atoms with Gasteiger partial charge in [0.15, 0.2) is 0 Å². The van der Waals surface area contributed by atoms with Gasteiger partial charge in [-0.15, -0.1) is 0 Å². The first-order valence-corrected chi connectivity index (χ1v) is 9.73. The van der Waals surface area contributed by atoms with Crippen LogP contribution in [0.2, 0.25) is 0 Å². The Hall–Kier alpha value is -4.65. The zero-order chi connectivity index (χ0) is 24.7. The molecule has 0 aliphatic rings. The number of alkyl halides is 3. The minimum atomic E-state index is -4.97. The highest BCUT2D eigenvalue weighted by Crippen LogP contribution is 2.37. The summed E-state index contributed by atoms with van der Waals surface area (Å²) < 4.78 is 45.9. The van der Waals surface area contributed by atoms with Crippen molar-refractivity contribution < 1.29 is 27.6 Å². The highest BCUT2D eigenvalue weighted by molar-refractivity contribution is 6.10. The van der Waals surface area contributed by atoms with Gasteiger partial charge in [-0.3, -0.25) is 14.9 Å². The minimum Gasteiger partial charge on any atom is -0.488 e. The number of hydrogen-bond donors (Lipinski definition) is 1. The zero-order valence-corrected chi connectivity index (χ0v) is 17.4. The fourth-order valence-corrected chi connectivity index (χ4v) is 2.95. The number of nitro groups is 1. The normalized spacial score (nSPS) is 11.4. The summed E-state index contributed by atoms with van der Waals surface area (Å²) in [5.41, 5.74) is -2.13. The van der Waals surface area contributed by atoms with E-state index in [1.54, 1.807) is 30.3 Å². The second-order valence-corrected chi connectivity index (χ2v) is 6.92. The number of anilines is 1. The molecule has 172 valence electrons. The number of benzene rings is 3. The van der Waals surface area contributed by atoms with Crippen molar-refractivity contribution in [2.45, 2.75) is 12.8 Å². The van der Waals surface area contributed by atoms with Crippen LogP contribution in [0.1, 0.15) is 16.7 Å². The van der Waals surface area contributed by atoms with Gasteiger partial charge in [0.1, 0.15) is 24.0 Å². The van der Waals surface area contributed by atoms with Gasteiger partial charge in [-0.1, -0.05) is 48.5 Å². The largest absolute Gasteiger partial charge is 0.488 e. The van der Waals surface area contributed by atoms with Gasteiger partial charge in [-0.25, -0.2) is 0 Å². The lowest BCUT2D eigenvalue weighted by Gasteiger charge is -2.13. The maximum Gasteiger partial charge on any atom is 0.418 e. The van der Waals surface area contributed by atoms with Crippen molar-refractivity contribution in [2.75, 3.05) is 5.32 Å². The maximum atomic E-state index is 13.4. The SMILES string of the molecule is N#C/C(=C\c1ccccc1OCc1ccccc1)C(=O)Nc1ccc([N+](=O)[O-])cc1C(F)(F)F. The molecule has 0 heterocycles. The van der Waals surface area contributed by atoms with E-state index in [1.807, 2.05) is 35.6 Å². The minimum absolute atomic E-state index is 0.220. The van der Waals surface area contributed by atoms with E-state index in [4.69, 9.17) is 4.74 Å². The number of non-ortho nitro benzene ring substituents is 1. The Kier molecular flexibility index (Phi) is 7.28.